The lowest BCUT2D eigenvalue weighted by molar-refractivity contribution is 0.186. The first-order valence-electron chi connectivity index (χ1n) is 6.65. The maximum atomic E-state index is 12.4. The number of pyridine rings is 1. The topological polar surface area (TPSA) is 83.0 Å². The summed E-state index contributed by atoms with van der Waals surface area (Å²) in [5, 5.41) is 0.898. The van der Waals surface area contributed by atoms with Gasteiger partial charge in [0.05, 0.1) is 12.1 Å². The number of aryl methyl sites for hydroxylation is 2. The van der Waals surface area contributed by atoms with Crippen LogP contribution in [-0.4, -0.2) is 21.8 Å². The second-order valence-electron chi connectivity index (χ2n) is 4.87. The Labute approximate surface area is 125 Å². The molecule has 0 bridgehead atoms. The summed E-state index contributed by atoms with van der Waals surface area (Å²) in [5.74, 6) is 6.38. The number of methoxy groups -OCH3 is 1. The van der Waals surface area contributed by atoms with Gasteiger partial charge in [0.2, 0.25) is 0 Å². The first kappa shape index (κ1) is 14.0. The predicted octanol–water partition coefficient (Wildman–Crippen LogP) is 1.74. The van der Waals surface area contributed by atoms with E-state index in [0.717, 1.165) is 26.2 Å². The monoisotopic (exact) mass is 304 g/mol. The Morgan fingerprint density at radius 1 is 1.43 bits per heavy atom. The smallest absolute Gasteiger partial charge is 0.289 e. The summed E-state index contributed by atoms with van der Waals surface area (Å²) in [7, 11) is 1.65. The molecule has 0 saturated carbocycles. The molecule has 3 heterocycles. The second kappa shape index (κ2) is 5.09. The number of hydrogen-bond acceptors (Lipinski definition) is 6. The van der Waals surface area contributed by atoms with Crippen LogP contribution in [0, 0.1) is 6.92 Å². The molecular formula is C14H16N4O2S. The van der Waals surface area contributed by atoms with Gasteiger partial charge in [0.25, 0.3) is 5.56 Å². The van der Waals surface area contributed by atoms with E-state index in [9.17, 15) is 4.79 Å². The number of aromatic nitrogens is 3. The fraction of sp³-hybridized carbons (Fsp3) is 0.357. The summed E-state index contributed by atoms with van der Waals surface area (Å²) in [6.07, 6.45) is 0.595. The molecule has 3 aromatic rings. The molecule has 21 heavy (non-hydrogen) atoms. The van der Waals surface area contributed by atoms with Gasteiger partial charge in [-0.1, -0.05) is 6.92 Å². The number of hydrogen-bond donors (Lipinski definition) is 1. The zero-order valence-corrected chi connectivity index (χ0v) is 13.0. The molecule has 0 aliphatic heterocycles. The van der Waals surface area contributed by atoms with E-state index in [1.807, 2.05) is 19.9 Å². The number of fused-ring (bicyclic) bond motifs is 3. The summed E-state index contributed by atoms with van der Waals surface area (Å²) in [5.41, 5.74) is 2.35. The molecular weight excluding hydrogens is 288 g/mol. The highest BCUT2D eigenvalue weighted by atomic mass is 32.1. The zero-order chi connectivity index (χ0) is 15.1. The van der Waals surface area contributed by atoms with Crippen molar-refractivity contribution >= 4 is 31.8 Å². The summed E-state index contributed by atoms with van der Waals surface area (Å²) in [6, 6.07) is 1.97. The van der Waals surface area contributed by atoms with Crippen molar-refractivity contribution in [3.63, 3.8) is 0 Å². The molecule has 2 N–H and O–H groups in total. The molecule has 0 amide bonds. The molecule has 0 aliphatic carbocycles. The minimum atomic E-state index is -0.221. The molecule has 110 valence electrons. The van der Waals surface area contributed by atoms with Crippen LogP contribution in [0.1, 0.15) is 24.0 Å². The van der Waals surface area contributed by atoms with Gasteiger partial charge in [0.15, 0.2) is 0 Å². The van der Waals surface area contributed by atoms with E-state index in [1.165, 1.54) is 11.3 Å². The fourth-order valence-corrected chi connectivity index (χ4v) is 3.62. The summed E-state index contributed by atoms with van der Waals surface area (Å²) in [6.45, 7) is 4.31. The van der Waals surface area contributed by atoms with Crippen LogP contribution in [0.15, 0.2) is 10.9 Å². The van der Waals surface area contributed by atoms with Crippen LogP contribution >= 0.6 is 11.3 Å². The van der Waals surface area contributed by atoms with Crippen LogP contribution in [0.5, 0.6) is 0 Å². The second-order valence-corrected chi connectivity index (χ2v) is 5.87. The minimum Gasteiger partial charge on any atom is -0.380 e. The lowest BCUT2D eigenvalue weighted by Crippen LogP contribution is -2.30. The van der Waals surface area contributed by atoms with Crippen molar-refractivity contribution in [1.29, 1.82) is 0 Å². The number of thiophene rings is 1. The molecule has 0 radical (unpaired) electrons. The third-order valence-corrected chi connectivity index (χ3v) is 4.46. The molecule has 7 heteroatoms. The SMILES string of the molecule is CCc1nc2c(sc3nc(C)cc(COC)c32)c(=O)n1N. The number of rotatable bonds is 3. The highest BCUT2D eigenvalue weighted by molar-refractivity contribution is 7.25. The van der Waals surface area contributed by atoms with E-state index >= 15 is 0 Å². The number of ether oxygens (including phenoxy) is 1. The molecule has 0 aliphatic rings. The van der Waals surface area contributed by atoms with Crippen LogP contribution in [0.3, 0.4) is 0 Å². The number of nitrogens with two attached hydrogens (primary N) is 1. The van der Waals surface area contributed by atoms with Gasteiger partial charge in [-0.05, 0) is 18.6 Å². The van der Waals surface area contributed by atoms with Crippen molar-refractivity contribution < 1.29 is 4.74 Å². The van der Waals surface area contributed by atoms with Gasteiger partial charge in [-0.3, -0.25) is 4.79 Å². The Balaban J connectivity index is 2.51. The van der Waals surface area contributed by atoms with Crippen molar-refractivity contribution in [2.24, 2.45) is 0 Å². The van der Waals surface area contributed by atoms with Gasteiger partial charge in [-0.15, -0.1) is 11.3 Å². The highest BCUT2D eigenvalue weighted by Crippen LogP contribution is 2.32. The van der Waals surface area contributed by atoms with E-state index in [4.69, 9.17) is 10.6 Å². The largest absolute Gasteiger partial charge is 0.380 e. The van der Waals surface area contributed by atoms with E-state index in [-0.39, 0.29) is 5.56 Å². The number of nitrogen functional groups attached to an aromatic ring is 1. The molecule has 0 aromatic carbocycles. The maximum absolute atomic E-state index is 12.4. The predicted molar refractivity (Wildman–Crippen MR) is 84.2 cm³/mol. The first-order chi connectivity index (χ1) is 10.1. The average molecular weight is 304 g/mol. The Bertz CT molecular complexity index is 897. The van der Waals surface area contributed by atoms with Crippen molar-refractivity contribution in [3.8, 4) is 0 Å². The lowest BCUT2D eigenvalue weighted by Gasteiger charge is -2.06. The van der Waals surface area contributed by atoms with E-state index in [2.05, 4.69) is 9.97 Å². The zero-order valence-electron chi connectivity index (χ0n) is 12.1. The molecule has 0 spiro atoms. The Kier molecular flexibility index (Phi) is 3.38. The molecule has 0 fully saturated rings. The number of nitrogens with zero attached hydrogens (tertiary/aromatic N) is 3. The van der Waals surface area contributed by atoms with Crippen molar-refractivity contribution in [2.75, 3.05) is 13.0 Å². The van der Waals surface area contributed by atoms with Crippen molar-refractivity contribution in [3.05, 3.63) is 33.5 Å². The maximum Gasteiger partial charge on any atom is 0.289 e. The Hall–Kier alpha value is -1.99. The van der Waals surface area contributed by atoms with E-state index in [1.54, 1.807) is 7.11 Å². The summed E-state index contributed by atoms with van der Waals surface area (Å²) < 4.78 is 6.93. The minimum absolute atomic E-state index is 0.221. The molecule has 3 aromatic heterocycles. The molecule has 0 unspecified atom stereocenters. The van der Waals surface area contributed by atoms with Gasteiger partial charge in [0, 0.05) is 24.6 Å². The third-order valence-electron chi connectivity index (χ3n) is 3.39. The van der Waals surface area contributed by atoms with Crippen molar-refractivity contribution in [2.45, 2.75) is 26.9 Å². The van der Waals surface area contributed by atoms with Crippen LogP contribution in [-0.2, 0) is 17.8 Å². The summed E-state index contributed by atoms with van der Waals surface area (Å²) >= 11 is 1.33. The lowest BCUT2D eigenvalue weighted by atomic mass is 10.1. The normalized spacial score (nSPS) is 11.6. The van der Waals surface area contributed by atoms with Gasteiger partial charge in [-0.25, -0.2) is 14.6 Å². The molecule has 0 saturated heterocycles. The van der Waals surface area contributed by atoms with Gasteiger partial charge in [0.1, 0.15) is 15.4 Å². The standard InChI is InChI=1S/C14H16N4O2S/c1-4-9-17-11-10-8(6-20-3)5-7(2)16-13(10)21-12(11)14(19)18(9)15/h5H,4,6,15H2,1-3H3. The quantitative estimate of drug-likeness (QED) is 0.745. The summed E-state index contributed by atoms with van der Waals surface area (Å²) in [4.78, 5) is 22.3. The van der Waals surface area contributed by atoms with Crippen LogP contribution in [0.25, 0.3) is 20.4 Å². The molecule has 0 atom stereocenters. The Morgan fingerprint density at radius 3 is 2.86 bits per heavy atom. The van der Waals surface area contributed by atoms with Crippen molar-refractivity contribution in [1.82, 2.24) is 14.6 Å². The van der Waals surface area contributed by atoms with Gasteiger partial charge in [-0.2, -0.15) is 0 Å². The fourth-order valence-electron chi connectivity index (χ4n) is 2.48. The van der Waals surface area contributed by atoms with Crippen LogP contribution in [0.2, 0.25) is 0 Å². The van der Waals surface area contributed by atoms with Gasteiger partial charge >= 0.3 is 0 Å². The molecule has 3 rings (SSSR count). The third kappa shape index (κ3) is 2.09. The Morgan fingerprint density at radius 2 is 2.19 bits per heavy atom. The van der Waals surface area contributed by atoms with Crippen LogP contribution < -0.4 is 11.4 Å². The average Bonchev–Trinajstić information content (AvgIpc) is 2.81. The van der Waals surface area contributed by atoms with E-state index in [0.29, 0.717) is 29.1 Å². The molecule has 6 nitrogen and oxygen atoms in total. The van der Waals surface area contributed by atoms with Gasteiger partial charge < -0.3 is 10.6 Å². The van der Waals surface area contributed by atoms with Crippen LogP contribution in [0.4, 0.5) is 0 Å². The highest BCUT2D eigenvalue weighted by Gasteiger charge is 2.17. The van der Waals surface area contributed by atoms with E-state index < -0.39 is 0 Å². The first-order valence-corrected chi connectivity index (χ1v) is 7.47.